The third-order valence-electron chi connectivity index (χ3n) is 5.18. The molecule has 4 rings (SSSR count). The number of benzene rings is 2. The number of fused-ring (bicyclic) bond motifs is 1. The second-order valence-electron chi connectivity index (χ2n) is 8.38. The summed E-state index contributed by atoms with van der Waals surface area (Å²) in [5, 5.41) is 6.72. The van der Waals surface area contributed by atoms with Gasteiger partial charge >= 0.3 is 0 Å². The second kappa shape index (κ2) is 10.2. The Labute approximate surface area is 192 Å². The number of carbonyl (C=O) groups excluding carboxylic acids is 2. The van der Waals surface area contributed by atoms with Crippen LogP contribution in [0, 0.1) is 5.92 Å². The van der Waals surface area contributed by atoms with E-state index in [0.29, 0.717) is 36.8 Å². The molecule has 0 radical (unpaired) electrons. The number of aromatic nitrogens is 1. The van der Waals surface area contributed by atoms with Gasteiger partial charge in [0.1, 0.15) is 0 Å². The zero-order chi connectivity index (χ0) is 23.2. The Morgan fingerprint density at radius 3 is 2.58 bits per heavy atom. The van der Waals surface area contributed by atoms with Crippen LogP contribution in [0.25, 0.3) is 0 Å². The van der Waals surface area contributed by atoms with Gasteiger partial charge in [-0.3, -0.25) is 9.59 Å². The Bertz CT molecular complexity index is 1110. The van der Waals surface area contributed by atoms with Crippen molar-refractivity contribution in [2.24, 2.45) is 5.92 Å². The van der Waals surface area contributed by atoms with Crippen molar-refractivity contribution in [2.75, 3.05) is 6.79 Å². The molecule has 2 aromatic carbocycles. The van der Waals surface area contributed by atoms with Gasteiger partial charge in [0.25, 0.3) is 5.91 Å². The molecule has 3 aromatic rings. The van der Waals surface area contributed by atoms with Crippen LogP contribution in [0.4, 0.5) is 0 Å². The van der Waals surface area contributed by atoms with Crippen LogP contribution in [0.1, 0.15) is 47.6 Å². The number of hydrogen-bond acceptors (Lipinski definition) is 6. The van der Waals surface area contributed by atoms with Crippen LogP contribution >= 0.6 is 0 Å². The van der Waals surface area contributed by atoms with Crippen LogP contribution in [0.3, 0.4) is 0 Å². The Kier molecular flexibility index (Phi) is 6.92. The summed E-state index contributed by atoms with van der Waals surface area (Å²) in [6, 6.07) is 16.9. The van der Waals surface area contributed by atoms with E-state index in [0.717, 1.165) is 11.1 Å². The first kappa shape index (κ1) is 22.4. The predicted octanol–water partition coefficient (Wildman–Crippen LogP) is 3.91. The molecule has 1 aromatic heterocycles. The lowest BCUT2D eigenvalue weighted by atomic mass is 10.1. The van der Waals surface area contributed by atoms with Crippen molar-refractivity contribution >= 4 is 11.8 Å². The number of nitrogens with one attached hydrogen (secondary N) is 1. The molecule has 8 nitrogen and oxygen atoms in total. The lowest BCUT2D eigenvalue weighted by molar-refractivity contribution is -0.133. The first-order valence-corrected chi connectivity index (χ1v) is 10.9. The number of nitrogens with zero attached hydrogens (tertiary/aromatic N) is 2. The van der Waals surface area contributed by atoms with Gasteiger partial charge in [0.2, 0.25) is 12.7 Å². The SMILES string of the molecule is CC(C)CC(=O)N(Cc1ccccc1)Cc1cc(C(=O)NCc2ccc3c(c2)OCO3)no1. The van der Waals surface area contributed by atoms with Crippen molar-refractivity contribution in [3.05, 3.63) is 77.2 Å². The standard InChI is InChI=1S/C25H27N3O5/c1-17(2)10-24(29)28(14-18-6-4-3-5-7-18)15-20-12-21(27-33-20)25(30)26-13-19-8-9-22-23(11-19)32-16-31-22/h3-9,11-12,17H,10,13-16H2,1-2H3,(H,26,30). The average Bonchev–Trinajstić information content (AvgIpc) is 3.46. The second-order valence-corrected chi connectivity index (χ2v) is 8.38. The first-order chi connectivity index (χ1) is 16.0. The average molecular weight is 450 g/mol. The van der Waals surface area contributed by atoms with E-state index in [4.69, 9.17) is 14.0 Å². The fourth-order valence-corrected chi connectivity index (χ4v) is 3.52. The molecule has 0 bridgehead atoms. The minimum absolute atomic E-state index is 0.0269. The number of rotatable bonds is 9. The maximum Gasteiger partial charge on any atom is 0.273 e. The van der Waals surface area contributed by atoms with Gasteiger partial charge in [-0.1, -0.05) is 55.4 Å². The highest BCUT2D eigenvalue weighted by molar-refractivity contribution is 5.92. The summed E-state index contributed by atoms with van der Waals surface area (Å²) in [5.41, 5.74) is 2.07. The third-order valence-corrected chi connectivity index (χ3v) is 5.18. The van der Waals surface area contributed by atoms with Crippen LogP contribution in [0.2, 0.25) is 0 Å². The summed E-state index contributed by atoms with van der Waals surface area (Å²) < 4.78 is 16.0. The molecule has 0 atom stereocenters. The van der Waals surface area contributed by atoms with Crippen LogP contribution in [0.5, 0.6) is 11.5 Å². The minimum Gasteiger partial charge on any atom is -0.454 e. The van der Waals surface area contributed by atoms with Crippen LogP contribution in [-0.4, -0.2) is 28.7 Å². The minimum atomic E-state index is -0.356. The highest BCUT2D eigenvalue weighted by Crippen LogP contribution is 2.32. The number of carbonyl (C=O) groups is 2. The fourth-order valence-electron chi connectivity index (χ4n) is 3.52. The highest BCUT2D eigenvalue weighted by atomic mass is 16.7. The number of amides is 2. The molecule has 0 unspecified atom stereocenters. The summed E-state index contributed by atoms with van der Waals surface area (Å²) in [6.45, 7) is 5.23. The maximum absolute atomic E-state index is 12.8. The van der Waals surface area contributed by atoms with Crippen LogP contribution < -0.4 is 14.8 Å². The van der Waals surface area contributed by atoms with Crippen molar-refractivity contribution in [2.45, 2.75) is 39.9 Å². The van der Waals surface area contributed by atoms with Gasteiger partial charge in [-0.05, 0) is 29.2 Å². The van der Waals surface area contributed by atoms with E-state index in [1.54, 1.807) is 11.0 Å². The molecular weight excluding hydrogens is 422 g/mol. The van der Waals surface area contributed by atoms with Crippen LogP contribution in [-0.2, 0) is 24.4 Å². The largest absolute Gasteiger partial charge is 0.454 e. The highest BCUT2D eigenvalue weighted by Gasteiger charge is 2.20. The maximum atomic E-state index is 12.8. The Hall–Kier alpha value is -3.81. The molecule has 0 saturated carbocycles. The molecule has 8 heteroatoms. The van der Waals surface area contributed by atoms with Gasteiger partial charge in [0.15, 0.2) is 23.0 Å². The van der Waals surface area contributed by atoms with E-state index in [9.17, 15) is 9.59 Å². The summed E-state index contributed by atoms with van der Waals surface area (Å²) in [7, 11) is 0. The predicted molar refractivity (Wildman–Crippen MR) is 120 cm³/mol. The summed E-state index contributed by atoms with van der Waals surface area (Å²) >= 11 is 0. The van der Waals surface area contributed by atoms with E-state index in [-0.39, 0.29) is 36.8 Å². The monoisotopic (exact) mass is 449 g/mol. The van der Waals surface area contributed by atoms with E-state index in [1.165, 1.54) is 0 Å². The molecular formula is C25H27N3O5. The molecule has 0 saturated heterocycles. The molecule has 0 fully saturated rings. The molecule has 33 heavy (non-hydrogen) atoms. The summed E-state index contributed by atoms with van der Waals surface area (Å²) in [6.07, 6.45) is 0.434. The Morgan fingerprint density at radius 2 is 1.79 bits per heavy atom. The van der Waals surface area contributed by atoms with Gasteiger partial charge in [-0.2, -0.15) is 0 Å². The molecule has 0 spiro atoms. The molecule has 1 N–H and O–H groups in total. The smallest absolute Gasteiger partial charge is 0.273 e. The zero-order valence-corrected chi connectivity index (χ0v) is 18.7. The van der Waals surface area contributed by atoms with Gasteiger partial charge < -0.3 is 24.2 Å². The molecule has 1 aliphatic heterocycles. The van der Waals surface area contributed by atoms with E-state index < -0.39 is 0 Å². The normalized spacial score (nSPS) is 12.1. The van der Waals surface area contributed by atoms with Gasteiger partial charge in [-0.25, -0.2) is 0 Å². The summed E-state index contributed by atoms with van der Waals surface area (Å²) in [4.78, 5) is 27.1. The fraction of sp³-hybridized carbons (Fsp3) is 0.320. The molecule has 2 amide bonds. The van der Waals surface area contributed by atoms with Crippen molar-refractivity contribution in [3.63, 3.8) is 0 Å². The summed E-state index contributed by atoms with van der Waals surface area (Å²) in [5.74, 6) is 1.72. The van der Waals surface area contributed by atoms with E-state index in [1.807, 2.05) is 62.4 Å². The topological polar surface area (TPSA) is 93.9 Å². The van der Waals surface area contributed by atoms with Gasteiger partial charge in [0, 0.05) is 25.6 Å². The van der Waals surface area contributed by atoms with Crippen molar-refractivity contribution in [1.29, 1.82) is 0 Å². The molecule has 0 aliphatic carbocycles. The number of hydrogen-bond donors (Lipinski definition) is 1. The zero-order valence-electron chi connectivity index (χ0n) is 18.7. The van der Waals surface area contributed by atoms with E-state index in [2.05, 4.69) is 10.5 Å². The Morgan fingerprint density at radius 1 is 1.00 bits per heavy atom. The molecule has 1 aliphatic rings. The third kappa shape index (κ3) is 5.91. The van der Waals surface area contributed by atoms with E-state index >= 15 is 0 Å². The lowest BCUT2D eigenvalue weighted by Crippen LogP contribution is -2.30. The molecule has 172 valence electrons. The number of ether oxygens (including phenoxy) is 2. The quantitative estimate of drug-likeness (QED) is 0.532. The van der Waals surface area contributed by atoms with Crippen LogP contribution in [0.15, 0.2) is 59.1 Å². The van der Waals surface area contributed by atoms with Crippen molar-refractivity contribution in [3.8, 4) is 11.5 Å². The molecule has 2 heterocycles. The Balaban J connectivity index is 1.38. The first-order valence-electron chi connectivity index (χ1n) is 10.9. The van der Waals surface area contributed by atoms with Crippen molar-refractivity contribution in [1.82, 2.24) is 15.4 Å². The lowest BCUT2D eigenvalue weighted by Gasteiger charge is -2.22. The van der Waals surface area contributed by atoms with Gasteiger partial charge in [0.05, 0.1) is 6.54 Å². The van der Waals surface area contributed by atoms with Crippen molar-refractivity contribution < 1.29 is 23.6 Å². The van der Waals surface area contributed by atoms with Gasteiger partial charge in [-0.15, -0.1) is 0 Å².